The molecule has 8 nitrogen and oxygen atoms in total. The number of rotatable bonds is 5. The molecule has 2 fully saturated rings. The minimum absolute atomic E-state index is 0.103. The molecule has 8 heteroatoms. The Morgan fingerprint density at radius 1 is 1.16 bits per heavy atom. The van der Waals surface area contributed by atoms with Crippen molar-refractivity contribution in [3.8, 4) is 0 Å². The van der Waals surface area contributed by atoms with E-state index in [1.807, 2.05) is 16.8 Å². The van der Waals surface area contributed by atoms with Crippen LogP contribution >= 0.6 is 0 Å². The van der Waals surface area contributed by atoms with Crippen molar-refractivity contribution in [3.63, 3.8) is 0 Å². The van der Waals surface area contributed by atoms with E-state index in [0.717, 1.165) is 36.0 Å². The molecule has 1 aliphatic heterocycles. The fourth-order valence-electron chi connectivity index (χ4n) is 5.13. The van der Waals surface area contributed by atoms with E-state index in [1.54, 1.807) is 0 Å². The molecule has 31 heavy (non-hydrogen) atoms. The zero-order chi connectivity index (χ0) is 21.4. The Balaban J connectivity index is 1.63. The molecule has 0 spiro atoms. The number of tetrazole rings is 1. The number of benzene rings is 1. The monoisotopic (exact) mass is 422 g/mol. The van der Waals surface area contributed by atoms with E-state index in [1.165, 1.54) is 18.4 Å². The summed E-state index contributed by atoms with van der Waals surface area (Å²) in [5.74, 6) is 0.736. The molecule has 3 heterocycles. The number of nitrogens with zero attached hydrogens (tertiary/aromatic N) is 5. The zero-order valence-electron chi connectivity index (χ0n) is 18.0. The maximum atomic E-state index is 13.3. The minimum Gasteiger partial charge on any atom is -0.393 e. The van der Waals surface area contributed by atoms with E-state index >= 15 is 0 Å². The van der Waals surface area contributed by atoms with Crippen LogP contribution in [0.5, 0.6) is 0 Å². The molecule has 164 valence electrons. The number of piperidine rings is 1. The van der Waals surface area contributed by atoms with Gasteiger partial charge in [0.15, 0.2) is 5.82 Å². The molecule has 1 unspecified atom stereocenters. The van der Waals surface area contributed by atoms with Crippen LogP contribution in [0.4, 0.5) is 0 Å². The summed E-state index contributed by atoms with van der Waals surface area (Å²) in [4.78, 5) is 18.6. The van der Waals surface area contributed by atoms with E-state index in [0.29, 0.717) is 31.5 Å². The molecule has 0 bridgehead atoms. The van der Waals surface area contributed by atoms with Crippen LogP contribution in [0.1, 0.15) is 74.5 Å². The van der Waals surface area contributed by atoms with Crippen LogP contribution in [0.15, 0.2) is 29.1 Å². The van der Waals surface area contributed by atoms with Gasteiger partial charge in [0.25, 0.3) is 5.56 Å². The molecule has 1 aromatic carbocycles. The molecular formula is C23H30N6O2. The summed E-state index contributed by atoms with van der Waals surface area (Å²) >= 11 is 0. The van der Waals surface area contributed by atoms with E-state index < -0.39 is 0 Å². The van der Waals surface area contributed by atoms with Gasteiger partial charge in [-0.25, -0.2) is 4.68 Å². The highest BCUT2D eigenvalue weighted by Crippen LogP contribution is 2.34. The predicted molar refractivity (Wildman–Crippen MR) is 118 cm³/mol. The van der Waals surface area contributed by atoms with Gasteiger partial charge in [-0.15, -0.1) is 5.10 Å². The molecule has 1 saturated heterocycles. The largest absolute Gasteiger partial charge is 0.393 e. The number of hydrogen-bond acceptors (Lipinski definition) is 6. The van der Waals surface area contributed by atoms with Gasteiger partial charge in [-0.2, -0.15) is 0 Å². The normalized spacial score (nSPS) is 19.9. The van der Waals surface area contributed by atoms with Crippen molar-refractivity contribution in [3.05, 3.63) is 51.6 Å². The summed E-state index contributed by atoms with van der Waals surface area (Å²) in [6.07, 6.45) is 6.53. The predicted octanol–water partition coefficient (Wildman–Crippen LogP) is 2.74. The third-order valence-electron chi connectivity index (χ3n) is 6.94. The second kappa shape index (κ2) is 8.51. The number of fused-ring (bicyclic) bond motifs is 1. The lowest BCUT2D eigenvalue weighted by molar-refractivity contribution is 0.0654. The maximum Gasteiger partial charge on any atom is 0.253 e. The van der Waals surface area contributed by atoms with Crippen molar-refractivity contribution < 1.29 is 5.11 Å². The van der Waals surface area contributed by atoms with E-state index in [-0.39, 0.29) is 23.7 Å². The third kappa shape index (κ3) is 3.90. The Labute approximate surface area is 181 Å². The van der Waals surface area contributed by atoms with E-state index in [2.05, 4.69) is 44.5 Å². The van der Waals surface area contributed by atoms with Crippen LogP contribution < -0.4 is 5.56 Å². The topological polar surface area (TPSA) is 99.9 Å². The average Bonchev–Trinajstić information content (AvgIpc) is 3.47. The smallest absolute Gasteiger partial charge is 0.253 e. The van der Waals surface area contributed by atoms with Crippen LogP contribution in [0.2, 0.25) is 0 Å². The van der Waals surface area contributed by atoms with Crippen molar-refractivity contribution >= 4 is 10.9 Å². The number of nitrogens with one attached hydrogen (secondary N) is 1. The number of pyridine rings is 1. The average molecular weight is 423 g/mol. The quantitative estimate of drug-likeness (QED) is 0.656. The van der Waals surface area contributed by atoms with Crippen LogP contribution in [0.3, 0.4) is 0 Å². The number of aryl methyl sites for hydroxylation is 1. The molecule has 3 aromatic rings. The van der Waals surface area contributed by atoms with Gasteiger partial charge in [0.1, 0.15) is 6.04 Å². The van der Waals surface area contributed by atoms with Crippen LogP contribution in [-0.4, -0.2) is 54.4 Å². The van der Waals surface area contributed by atoms with E-state index in [4.69, 9.17) is 0 Å². The SMILES string of the molecule is CCc1ccc2[nH]c(=O)c(C(c3nnnn3C3CCCC3)N3CCC(O)CC3)cc2c1. The van der Waals surface area contributed by atoms with Crippen LogP contribution in [0, 0.1) is 0 Å². The molecule has 2 aromatic heterocycles. The molecule has 1 saturated carbocycles. The Hall–Kier alpha value is -2.58. The summed E-state index contributed by atoms with van der Waals surface area (Å²) in [6.45, 7) is 3.54. The lowest BCUT2D eigenvalue weighted by atomic mass is 9.98. The third-order valence-corrected chi connectivity index (χ3v) is 6.94. The lowest BCUT2D eigenvalue weighted by Gasteiger charge is -2.35. The van der Waals surface area contributed by atoms with Gasteiger partial charge in [0.2, 0.25) is 0 Å². The van der Waals surface area contributed by atoms with Crippen molar-refractivity contribution in [1.29, 1.82) is 0 Å². The first-order chi connectivity index (χ1) is 15.1. The van der Waals surface area contributed by atoms with Gasteiger partial charge in [0, 0.05) is 24.2 Å². The Morgan fingerprint density at radius 3 is 2.68 bits per heavy atom. The van der Waals surface area contributed by atoms with Crippen LogP contribution in [-0.2, 0) is 6.42 Å². The number of aromatic amines is 1. The fourth-order valence-corrected chi connectivity index (χ4v) is 5.13. The molecule has 1 atom stereocenters. The van der Waals surface area contributed by atoms with Gasteiger partial charge in [0.05, 0.1) is 12.1 Å². The van der Waals surface area contributed by atoms with Crippen LogP contribution in [0.25, 0.3) is 10.9 Å². The number of aliphatic hydroxyl groups excluding tert-OH is 1. The van der Waals surface area contributed by atoms with Gasteiger partial charge in [-0.1, -0.05) is 25.8 Å². The summed E-state index contributed by atoms with van der Waals surface area (Å²) in [7, 11) is 0. The number of aliphatic hydroxyl groups is 1. The van der Waals surface area contributed by atoms with Crippen molar-refractivity contribution in [2.24, 2.45) is 0 Å². The highest BCUT2D eigenvalue weighted by atomic mass is 16.3. The molecule has 1 aliphatic carbocycles. The molecule has 5 rings (SSSR count). The minimum atomic E-state index is -0.332. The summed E-state index contributed by atoms with van der Waals surface area (Å²) in [6, 6.07) is 8.15. The Kier molecular flexibility index (Phi) is 5.58. The molecule has 2 aliphatic rings. The highest BCUT2D eigenvalue weighted by Gasteiger charge is 2.34. The van der Waals surface area contributed by atoms with E-state index in [9.17, 15) is 9.90 Å². The first-order valence-corrected chi connectivity index (χ1v) is 11.5. The standard InChI is InChI=1S/C23H30N6O2/c1-2-15-7-8-20-16(13-15)14-19(23(31)24-20)21(28-11-9-18(30)10-12-28)22-25-26-27-29(22)17-5-3-4-6-17/h7-8,13-14,17-18,21,30H,2-6,9-12H2,1H3,(H,24,31). The number of aromatic nitrogens is 5. The summed E-state index contributed by atoms with van der Waals surface area (Å²) in [5, 5.41) is 23.9. The molecular weight excluding hydrogens is 392 g/mol. The molecule has 0 radical (unpaired) electrons. The van der Waals surface area contributed by atoms with Crippen molar-refractivity contribution in [1.82, 2.24) is 30.1 Å². The van der Waals surface area contributed by atoms with Gasteiger partial charge in [-0.3, -0.25) is 9.69 Å². The number of H-pyrrole nitrogens is 1. The fraction of sp³-hybridized carbons (Fsp3) is 0.565. The Morgan fingerprint density at radius 2 is 1.94 bits per heavy atom. The van der Waals surface area contributed by atoms with Crippen molar-refractivity contribution in [2.45, 2.75) is 70.1 Å². The summed E-state index contributed by atoms with van der Waals surface area (Å²) in [5.41, 5.74) is 2.65. The second-order valence-corrected chi connectivity index (χ2v) is 8.92. The van der Waals surface area contributed by atoms with Gasteiger partial charge < -0.3 is 10.1 Å². The van der Waals surface area contributed by atoms with Crippen molar-refractivity contribution in [2.75, 3.05) is 13.1 Å². The lowest BCUT2D eigenvalue weighted by Crippen LogP contribution is -2.42. The number of hydrogen-bond donors (Lipinski definition) is 2. The first kappa shape index (κ1) is 20.3. The molecule has 0 amide bonds. The maximum absolute atomic E-state index is 13.3. The first-order valence-electron chi connectivity index (χ1n) is 11.5. The Bertz CT molecular complexity index is 1110. The second-order valence-electron chi connectivity index (χ2n) is 8.92. The summed E-state index contributed by atoms with van der Waals surface area (Å²) < 4.78 is 1.95. The van der Waals surface area contributed by atoms with Gasteiger partial charge >= 0.3 is 0 Å². The van der Waals surface area contributed by atoms with Gasteiger partial charge in [-0.05, 0) is 71.7 Å². The highest BCUT2D eigenvalue weighted by molar-refractivity contribution is 5.80. The molecule has 2 N–H and O–H groups in total. The zero-order valence-corrected chi connectivity index (χ0v) is 18.0. The number of likely N-dealkylation sites (tertiary alicyclic amines) is 1.